The second kappa shape index (κ2) is 6.39. The number of nitrogens with one attached hydrogen (secondary N) is 2. The van der Waals surface area contributed by atoms with Crippen molar-refractivity contribution < 1.29 is 19.5 Å². The SMILES string of the molecule is O=C(CCN1C(=O)NC2(CCCC2)C1=O)N[C@@H]1c2ccccc2C[C@H]1O. The van der Waals surface area contributed by atoms with Crippen LogP contribution in [0.4, 0.5) is 4.79 Å². The third kappa shape index (κ3) is 2.76. The number of imide groups is 1. The molecule has 1 aromatic rings. The Kier molecular flexibility index (Phi) is 4.19. The Morgan fingerprint density at radius 1 is 1.27 bits per heavy atom. The van der Waals surface area contributed by atoms with Crippen LogP contribution in [0.2, 0.25) is 0 Å². The van der Waals surface area contributed by atoms with E-state index in [0.29, 0.717) is 19.3 Å². The zero-order valence-corrected chi connectivity index (χ0v) is 14.5. The Morgan fingerprint density at radius 2 is 2.00 bits per heavy atom. The molecule has 1 aliphatic heterocycles. The van der Waals surface area contributed by atoms with Crippen LogP contribution in [0.3, 0.4) is 0 Å². The third-order valence-electron chi connectivity index (χ3n) is 5.79. The van der Waals surface area contributed by atoms with Crippen molar-refractivity contribution >= 4 is 17.8 Å². The fraction of sp³-hybridized carbons (Fsp3) is 0.526. The molecule has 1 aromatic carbocycles. The predicted octanol–water partition coefficient (Wildman–Crippen LogP) is 1.02. The molecule has 1 saturated heterocycles. The monoisotopic (exact) mass is 357 g/mol. The van der Waals surface area contributed by atoms with Crippen molar-refractivity contribution in [2.45, 2.75) is 56.2 Å². The van der Waals surface area contributed by atoms with Gasteiger partial charge in [-0.25, -0.2) is 4.79 Å². The van der Waals surface area contributed by atoms with Gasteiger partial charge in [0.2, 0.25) is 5.91 Å². The molecule has 0 aromatic heterocycles. The molecule has 2 atom stereocenters. The van der Waals surface area contributed by atoms with E-state index in [1.807, 2.05) is 24.3 Å². The summed E-state index contributed by atoms with van der Waals surface area (Å²) in [7, 11) is 0. The molecule has 26 heavy (non-hydrogen) atoms. The lowest BCUT2D eigenvalue weighted by Crippen LogP contribution is -2.44. The summed E-state index contributed by atoms with van der Waals surface area (Å²) in [6, 6.07) is 6.78. The van der Waals surface area contributed by atoms with E-state index >= 15 is 0 Å². The standard InChI is InChI=1S/C19H23N3O4/c23-14-11-12-5-1-2-6-13(12)16(14)20-15(24)7-10-22-17(25)19(21-18(22)26)8-3-4-9-19/h1-2,5-6,14,16,23H,3-4,7-11H2,(H,20,24)(H,21,26)/t14-,16-/m1/s1. The Morgan fingerprint density at radius 3 is 2.77 bits per heavy atom. The molecule has 1 heterocycles. The van der Waals surface area contributed by atoms with Crippen LogP contribution in [0.1, 0.15) is 49.3 Å². The Hall–Kier alpha value is -2.41. The van der Waals surface area contributed by atoms with Crippen LogP contribution in [-0.2, 0) is 16.0 Å². The van der Waals surface area contributed by atoms with Gasteiger partial charge >= 0.3 is 6.03 Å². The fourth-order valence-corrected chi connectivity index (χ4v) is 4.40. The first-order chi connectivity index (χ1) is 12.5. The number of hydrogen-bond donors (Lipinski definition) is 3. The first-order valence-electron chi connectivity index (χ1n) is 9.19. The molecule has 1 spiro atoms. The highest BCUT2D eigenvalue weighted by molar-refractivity contribution is 6.07. The first-order valence-corrected chi connectivity index (χ1v) is 9.19. The molecule has 2 aliphatic carbocycles. The summed E-state index contributed by atoms with van der Waals surface area (Å²) in [5, 5.41) is 15.9. The molecular formula is C19H23N3O4. The van der Waals surface area contributed by atoms with Gasteiger partial charge in [0.25, 0.3) is 5.91 Å². The summed E-state index contributed by atoms with van der Waals surface area (Å²) in [4.78, 5) is 38.2. The van der Waals surface area contributed by atoms with E-state index in [-0.39, 0.29) is 24.8 Å². The average Bonchev–Trinajstić information content (AvgIpc) is 3.26. The number of carbonyl (C=O) groups is 3. The van der Waals surface area contributed by atoms with Crippen LogP contribution in [-0.4, -0.2) is 46.0 Å². The van der Waals surface area contributed by atoms with Crippen molar-refractivity contribution in [3.63, 3.8) is 0 Å². The number of fused-ring (bicyclic) bond motifs is 1. The summed E-state index contributed by atoms with van der Waals surface area (Å²) >= 11 is 0. The quantitative estimate of drug-likeness (QED) is 0.701. The molecule has 4 rings (SSSR count). The summed E-state index contributed by atoms with van der Waals surface area (Å²) in [6.07, 6.45) is 3.09. The maximum Gasteiger partial charge on any atom is 0.325 e. The number of rotatable bonds is 4. The van der Waals surface area contributed by atoms with Gasteiger partial charge in [-0.2, -0.15) is 0 Å². The Balaban J connectivity index is 1.36. The van der Waals surface area contributed by atoms with Crippen LogP contribution >= 0.6 is 0 Å². The molecule has 0 radical (unpaired) electrons. The minimum absolute atomic E-state index is 0.0284. The minimum atomic E-state index is -0.742. The molecule has 0 bridgehead atoms. The zero-order chi connectivity index (χ0) is 18.3. The van der Waals surface area contributed by atoms with Crippen molar-refractivity contribution in [3.05, 3.63) is 35.4 Å². The van der Waals surface area contributed by atoms with Gasteiger partial charge in [-0.05, 0) is 24.0 Å². The van der Waals surface area contributed by atoms with Gasteiger partial charge in [-0.3, -0.25) is 14.5 Å². The number of aliphatic hydroxyl groups is 1. The molecule has 7 nitrogen and oxygen atoms in total. The lowest BCUT2D eigenvalue weighted by atomic mass is 9.98. The van der Waals surface area contributed by atoms with Gasteiger partial charge in [0, 0.05) is 19.4 Å². The van der Waals surface area contributed by atoms with Gasteiger partial charge in [0.1, 0.15) is 5.54 Å². The maximum absolute atomic E-state index is 12.6. The van der Waals surface area contributed by atoms with Crippen LogP contribution in [0, 0.1) is 0 Å². The summed E-state index contributed by atoms with van der Waals surface area (Å²) in [6.45, 7) is 0.0582. The predicted molar refractivity (Wildman–Crippen MR) is 93.1 cm³/mol. The van der Waals surface area contributed by atoms with Crippen LogP contribution < -0.4 is 10.6 Å². The summed E-state index contributed by atoms with van der Waals surface area (Å²) < 4.78 is 0. The molecule has 138 valence electrons. The van der Waals surface area contributed by atoms with Crippen LogP contribution in [0.5, 0.6) is 0 Å². The van der Waals surface area contributed by atoms with Crippen molar-refractivity contribution in [2.24, 2.45) is 0 Å². The largest absolute Gasteiger partial charge is 0.390 e. The molecule has 7 heteroatoms. The van der Waals surface area contributed by atoms with E-state index < -0.39 is 23.7 Å². The molecule has 0 unspecified atom stereocenters. The highest BCUT2D eigenvalue weighted by atomic mass is 16.3. The number of urea groups is 1. The second-order valence-electron chi connectivity index (χ2n) is 7.44. The number of amides is 4. The van der Waals surface area contributed by atoms with Gasteiger partial charge in [-0.1, -0.05) is 37.1 Å². The molecular weight excluding hydrogens is 334 g/mol. The second-order valence-corrected chi connectivity index (χ2v) is 7.44. The minimum Gasteiger partial charge on any atom is -0.390 e. The first kappa shape index (κ1) is 17.0. The molecule has 1 saturated carbocycles. The van der Waals surface area contributed by atoms with Gasteiger partial charge in [0.05, 0.1) is 12.1 Å². The number of carbonyl (C=O) groups excluding carboxylic acids is 3. The van der Waals surface area contributed by atoms with Crippen LogP contribution in [0.25, 0.3) is 0 Å². The van der Waals surface area contributed by atoms with Crippen molar-refractivity contribution in [3.8, 4) is 0 Å². The van der Waals surface area contributed by atoms with E-state index in [2.05, 4.69) is 10.6 Å². The average molecular weight is 357 g/mol. The van der Waals surface area contributed by atoms with Gasteiger partial charge < -0.3 is 15.7 Å². The molecule has 3 N–H and O–H groups in total. The fourth-order valence-electron chi connectivity index (χ4n) is 4.40. The Labute approximate surface area is 151 Å². The highest BCUT2D eigenvalue weighted by Gasteiger charge is 2.52. The highest BCUT2D eigenvalue weighted by Crippen LogP contribution is 2.35. The van der Waals surface area contributed by atoms with Crippen molar-refractivity contribution in [1.82, 2.24) is 15.5 Å². The lowest BCUT2D eigenvalue weighted by molar-refractivity contribution is -0.131. The van der Waals surface area contributed by atoms with E-state index in [4.69, 9.17) is 0 Å². The zero-order valence-electron chi connectivity index (χ0n) is 14.5. The van der Waals surface area contributed by atoms with E-state index in [9.17, 15) is 19.5 Å². The maximum atomic E-state index is 12.6. The van der Waals surface area contributed by atoms with Gasteiger partial charge in [-0.15, -0.1) is 0 Å². The van der Waals surface area contributed by atoms with Crippen LogP contribution in [0.15, 0.2) is 24.3 Å². The third-order valence-corrected chi connectivity index (χ3v) is 5.79. The normalized spacial score (nSPS) is 26.3. The lowest BCUT2D eigenvalue weighted by Gasteiger charge is -2.21. The molecule has 4 amide bonds. The summed E-state index contributed by atoms with van der Waals surface area (Å²) in [5.41, 5.74) is 1.21. The van der Waals surface area contributed by atoms with E-state index in [1.54, 1.807) is 0 Å². The number of benzene rings is 1. The molecule has 3 aliphatic rings. The topological polar surface area (TPSA) is 98.7 Å². The number of aliphatic hydroxyl groups excluding tert-OH is 1. The van der Waals surface area contributed by atoms with E-state index in [0.717, 1.165) is 28.9 Å². The van der Waals surface area contributed by atoms with Crippen molar-refractivity contribution in [2.75, 3.05) is 6.54 Å². The summed E-state index contributed by atoms with van der Waals surface area (Å²) in [5.74, 6) is -0.488. The number of nitrogens with zero attached hydrogens (tertiary/aromatic N) is 1. The van der Waals surface area contributed by atoms with E-state index in [1.165, 1.54) is 0 Å². The molecule has 2 fully saturated rings. The smallest absolute Gasteiger partial charge is 0.325 e. The number of hydrogen-bond acceptors (Lipinski definition) is 4. The van der Waals surface area contributed by atoms with Gasteiger partial charge in [0.15, 0.2) is 0 Å². The van der Waals surface area contributed by atoms with Crippen molar-refractivity contribution in [1.29, 1.82) is 0 Å². The Bertz CT molecular complexity index is 757.